The van der Waals surface area contributed by atoms with Gasteiger partial charge in [-0.05, 0) is 49.3 Å². The molecule has 146 valence electrons. The Morgan fingerprint density at radius 3 is 2.88 bits per heavy atom. The van der Waals surface area contributed by atoms with Crippen LogP contribution in [0, 0.1) is 5.41 Å². The topological polar surface area (TPSA) is 48.9 Å². The maximum atomic E-state index is 6.11. The highest BCUT2D eigenvalue weighted by atomic mass is 127. The lowest BCUT2D eigenvalue weighted by molar-refractivity contribution is 0.172. The van der Waals surface area contributed by atoms with E-state index in [4.69, 9.17) is 16.3 Å². The van der Waals surface area contributed by atoms with Crippen molar-refractivity contribution in [3.05, 3.63) is 29.3 Å². The molecule has 1 heterocycles. The molecule has 2 aliphatic rings. The number of nitrogens with zero attached hydrogens (tertiary/aromatic N) is 2. The van der Waals surface area contributed by atoms with Crippen LogP contribution in [-0.2, 0) is 4.74 Å². The SMILES string of the molecule is CN=C(NCC1(CCOC)CC1)NC1CCN(c2cccc(Cl)c2)C1.I. The minimum Gasteiger partial charge on any atom is -0.385 e. The highest BCUT2D eigenvalue weighted by molar-refractivity contribution is 14.0. The van der Waals surface area contributed by atoms with Gasteiger partial charge in [0.05, 0.1) is 0 Å². The number of guanidine groups is 1. The Hall–Kier alpha value is -0.730. The maximum absolute atomic E-state index is 6.11. The minimum atomic E-state index is 0. The Labute approximate surface area is 178 Å². The van der Waals surface area contributed by atoms with Gasteiger partial charge in [0.25, 0.3) is 0 Å². The second kappa shape index (κ2) is 9.99. The van der Waals surface area contributed by atoms with Crippen molar-refractivity contribution < 1.29 is 4.74 Å². The number of halogens is 2. The summed E-state index contributed by atoms with van der Waals surface area (Å²) in [6, 6.07) is 8.48. The van der Waals surface area contributed by atoms with Crippen LogP contribution in [0.4, 0.5) is 5.69 Å². The van der Waals surface area contributed by atoms with E-state index in [0.717, 1.165) is 50.1 Å². The number of aliphatic imine (C=N–C) groups is 1. The summed E-state index contributed by atoms with van der Waals surface area (Å²) in [4.78, 5) is 6.77. The maximum Gasteiger partial charge on any atom is 0.191 e. The van der Waals surface area contributed by atoms with Crippen molar-refractivity contribution >= 4 is 47.2 Å². The third-order valence-electron chi connectivity index (χ3n) is 5.35. The fourth-order valence-corrected chi connectivity index (χ4v) is 3.64. The highest BCUT2D eigenvalue weighted by Gasteiger charge is 2.42. The molecule has 5 nitrogen and oxygen atoms in total. The van der Waals surface area contributed by atoms with Crippen LogP contribution in [-0.4, -0.2) is 52.4 Å². The zero-order valence-corrected chi connectivity index (χ0v) is 18.7. The van der Waals surface area contributed by atoms with Crippen molar-refractivity contribution in [2.45, 2.75) is 31.7 Å². The molecule has 0 bridgehead atoms. The van der Waals surface area contributed by atoms with Crippen LogP contribution in [0.1, 0.15) is 25.7 Å². The number of hydrogen-bond acceptors (Lipinski definition) is 3. The molecule has 0 amide bonds. The van der Waals surface area contributed by atoms with E-state index < -0.39 is 0 Å². The molecule has 1 saturated carbocycles. The van der Waals surface area contributed by atoms with Crippen molar-refractivity contribution in [2.24, 2.45) is 10.4 Å². The minimum absolute atomic E-state index is 0. The van der Waals surface area contributed by atoms with Crippen LogP contribution in [0.15, 0.2) is 29.3 Å². The largest absolute Gasteiger partial charge is 0.385 e. The molecule has 1 saturated heterocycles. The molecule has 0 spiro atoms. The Kier molecular flexibility index (Phi) is 8.29. The smallest absolute Gasteiger partial charge is 0.191 e. The van der Waals surface area contributed by atoms with E-state index in [1.165, 1.54) is 18.5 Å². The summed E-state index contributed by atoms with van der Waals surface area (Å²) >= 11 is 6.11. The first kappa shape index (κ1) is 21.6. The molecule has 2 N–H and O–H groups in total. The van der Waals surface area contributed by atoms with Gasteiger partial charge in [0.15, 0.2) is 5.96 Å². The Morgan fingerprint density at radius 1 is 1.42 bits per heavy atom. The van der Waals surface area contributed by atoms with Crippen LogP contribution >= 0.6 is 35.6 Å². The number of hydrogen-bond donors (Lipinski definition) is 2. The van der Waals surface area contributed by atoms with Gasteiger partial charge in [-0.1, -0.05) is 17.7 Å². The van der Waals surface area contributed by atoms with E-state index >= 15 is 0 Å². The quantitative estimate of drug-likeness (QED) is 0.347. The number of rotatable bonds is 7. The number of benzene rings is 1. The van der Waals surface area contributed by atoms with Gasteiger partial charge in [0, 0.05) is 57.2 Å². The van der Waals surface area contributed by atoms with Crippen LogP contribution in [0.25, 0.3) is 0 Å². The van der Waals surface area contributed by atoms with Gasteiger partial charge in [0.1, 0.15) is 0 Å². The van der Waals surface area contributed by atoms with Crippen molar-refractivity contribution in [2.75, 3.05) is 45.3 Å². The van der Waals surface area contributed by atoms with E-state index in [0.29, 0.717) is 11.5 Å². The van der Waals surface area contributed by atoms with Crippen LogP contribution < -0.4 is 15.5 Å². The summed E-state index contributed by atoms with van der Waals surface area (Å²) in [5.41, 5.74) is 1.60. The summed E-state index contributed by atoms with van der Waals surface area (Å²) in [7, 11) is 3.61. The lowest BCUT2D eigenvalue weighted by Gasteiger charge is -2.22. The van der Waals surface area contributed by atoms with E-state index in [1.807, 2.05) is 25.2 Å². The molecule has 7 heteroatoms. The lowest BCUT2D eigenvalue weighted by atomic mass is 10.0. The molecule has 1 aromatic rings. The first-order valence-corrected chi connectivity index (χ1v) is 9.49. The van der Waals surface area contributed by atoms with E-state index in [1.54, 1.807) is 7.11 Å². The summed E-state index contributed by atoms with van der Waals surface area (Å²) in [5, 5.41) is 7.87. The zero-order valence-electron chi connectivity index (χ0n) is 15.6. The molecular formula is C19H30ClIN4O. The van der Waals surface area contributed by atoms with Gasteiger partial charge in [0.2, 0.25) is 0 Å². The van der Waals surface area contributed by atoms with Crippen LogP contribution in [0.3, 0.4) is 0 Å². The van der Waals surface area contributed by atoms with Crippen molar-refractivity contribution in [1.29, 1.82) is 0 Å². The van der Waals surface area contributed by atoms with Crippen molar-refractivity contribution in [3.8, 4) is 0 Å². The molecule has 0 radical (unpaired) electrons. The molecule has 2 fully saturated rings. The highest BCUT2D eigenvalue weighted by Crippen LogP contribution is 2.48. The molecule has 1 aliphatic heterocycles. The predicted molar refractivity (Wildman–Crippen MR) is 120 cm³/mol. The van der Waals surface area contributed by atoms with Crippen LogP contribution in [0.2, 0.25) is 5.02 Å². The molecular weight excluding hydrogens is 463 g/mol. The number of nitrogens with one attached hydrogen (secondary N) is 2. The van der Waals surface area contributed by atoms with Gasteiger partial charge >= 0.3 is 0 Å². The number of ether oxygens (including phenoxy) is 1. The summed E-state index contributed by atoms with van der Waals surface area (Å²) in [5.74, 6) is 0.904. The molecule has 1 unspecified atom stereocenters. The lowest BCUT2D eigenvalue weighted by Crippen LogP contribution is -2.46. The molecule has 0 aromatic heterocycles. The average molecular weight is 493 g/mol. The zero-order chi connectivity index (χ0) is 17.7. The Balaban J connectivity index is 0.00000243. The molecule has 1 atom stereocenters. The first-order valence-electron chi connectivity index (χ1n) is 9.11. The molecule has 1 aliphatic carbocycles. The third kappa shape index (κ3) is 5.89. The van der Waals surface area contributed by atoms with Gasteiger partial charge in [-0.25, -0.2) is 0 Å². The number of anilines is 1. The van der Waals surface area contributed by atoms with Gasteiger partial charge < -0.3 is 20.3 Å². The van der Waals surface area contributed by atoms with Gasteiger partial charge in [-0.15, -0.1) is 24.0 Å². The Morgan fingerprint density at radius 2 is 2.23 bits per heavy atom. The van der Waals surface area contributed by atoms with Gasteiger partial charge in [-0.3, -0.25) is 4.99 Å². The van der Waals surface area contributed by atoms with Crippen molar-refractivity contribution in [3.63, 3.8) is 0 Å². The standard InChI is InChI=1S/C19H29ClN4O.HI/c1-21-18(22-14-19(7-8-19)9-11-25-2)23-16-6-10-24(13-16)17-5-3-4-15(20)12-17;/h3-5,12,16H,6-11,13-14H2,1-2H3,(H2,21,22,23);1H. The predicted octanol–water partition coefficient (Wildman–Crippen LogP) is 3.52. The number of methoxy groups -OCH3 is 1. The van der Waals surface area contributed by atoms with E-state index in [-0.39, 0.29) is 24.0 Å². The normalized spacial score (nSPS) is 21.3. The van der Waals surface area contributed by atoms with Crippen LogP contribution in [0.5, 0.6) is 0 Å². The summed E-state index contributed by atoms with van der Waals surface area (Å²) in [6.07, 6.45) is 4.79. The van der Waals surface area contributed by atoms with E-state index in [2.05, 4.69) is 26.6 Å². The summed E-state index contributed by atoms with van der Waals surface area (Å²) < 4.78 is 5.23. The molecule has 26 heavy (non-hydrogen) atoms. The van der Waals surface area contributed by atoms with Gasteiger partial charge in [-0.2, -0.15) is 0 Å². The third-order valence-corrected chi connectivity index (χ3v) is 5.59. The fourth-order valence-electron chi connectivity index (χ4n) is 3.46. The molecule has 1 aromatic carbocycles. The molecule has 3 rings (SSSR count). The van der Waals surface area contributed by atoms with Crippen molar-refractivity contribution in [1.82, 2.24) is 10.6 Å². The Bertz CT molecular complexity index is 609. The monoisotopic (exact) mass is 492 g/mol. The second-order valence-electron chi connectivity index (χ2n) is 7.22. The average Bonchev–Trinajstić information content (AvgIpc) is 3.24. The summed E-state index contributed by atoms with van der Waals surface area (Å²) in [6.45, 7) is 3.81. The second-order valence-corrected chi connectivity index (χ2v) is 7.66. The van der Waals surface area contributed by atoms with E-state index in [9.17, 15) is 0 Å². The first-order chi connectivity index (χ1) is 12.1. The fraction of sp³-hybridized carbons (Fsp3) is 0.632.